The molecule has 0 bridgehead atoms. The lowest BCUT2D eigenvalue weighted by molar-refractivity contribution is -0.911. The second-order valence-corrected chi connectivity index (χ2v) is 4.64. The van der Waals surface area contributed by atoms with Crippen LogP contribution in [0, 0.1) is 0 Å². The highest BCUT2D eigenvalue weighted by molar-refractivity contribution is 5.77. The summed E-state index contributed by atoms with van der Waals surface area (Å²) >= 11 is 0. The van der Waals surface area contributed by atoms with Gasteiger partial charge in [-0.15, -0.1) is 0 Å². The van der Waals surface area contributed by atoms with E-state index in [1.165, 1.54) is 32.1 Å². The Labute approximate surface area is 99.5 Å². The topological polar surface area (TPSA) is 39.3 Å². The minimum absolute atomic E-state index is 0.00766. The standard InChI is InChI=1S/C13H15N3O/c17-13-9-14-16(10-15-7-3-4-8-15)12-6-2-1-5-11(12)13/h1-2,5-6,9H,3-4,7-8,10H2/p+1. The Bertz CT molecular complexity index is 584. The van der Waals surface area contributed by atoms with E-state index < -0.39 is 0 Å². The number of hydrogen-bond donors (Lipinski definition) is 1. The molecule has 3 rings (SSSR count). The molecule has 1 aromatic heterocycles. The van der Waals surface area contributed by atoms with Gasteiger partial charge in [0.25, 0.3) is 0 Å². The van der Waals surface area contributed by atoms with E-state index in [1.54, 1.807) is 4.90 Å². The number of benzene rings is 1. The second-order valence-electron chi connectivity index (χ2n) is 4.64. The fourth-order valence-corrected chi connectivity index (χ4v) is 2.53. The van der Waals surface area contributed by atoms with Crippen molar-refractivity contribution in [1.29, 1.82) is 0 Å². The third-order valence-electron chi connectivity index (χ3n) is 3.45. The molecule has 17 heavy (non-hydrogen) atoms. The van der Waals surface area contributed by atoms with Crippen molar-refractivity contribution in [1.82, 2.24) is 9.78 Å². The van der Waals surface area contributed by atoms with Crippen molar-refractivity contribution in [3.63, 3.8) is 0 Å². The third kappa shape index (κ3) is 1.96. The highest BCUT2D eigenvalue weighted by Crippen LogP contribution is 2.06. The van der Waals surface area contributed by atoms with Gasteiger partial charge in [-0.25, -0.2) is 4.68 Å². The molecule has 0 amide bonds. The molecule has 1 N–H and O–H groups in total. The van der Waals surface area contributed by atoms with E-state index in [0.717, 1.165) is 17.6 Å². The van der Waals surface area contributed by atoms with Crippen LogP contribution in [-0.4, -0.2) is 22.9 Å². The van der Waals surface area contributed by atoms with E-state index in [2.05, 4.69) is 5.10 Å². The number of aromatic nitrogens is 2. The van der Waals surface area contributed by atoms with Gasteiger partial charge in [0.15, 0.2) is 6.67 Å². The van der Waals surface area contributed by atoms with Crippen LogP contribution in [-0.2, 0) is 6.67 Å². The molecule has 2 aromatic rings. The van der Waals surface area contributed by atoms with Crippen molar-refractivity contribution in [3.8, 4) is 0 Å². The minimum Gasteiger partial charge on any atom is -0.316 e. The Morgan fingerprint density at radius 1 is 1.24 bits per heavy atom. The van der Waals surface area contributed by atoms with Gasteiger partial charge in [-0.3, -0.25) is 4.79 Å². The molecular weight excluding hydrogens is 214 g/mol. The summed E-state index contributed by atoms with van der Waals surface area (Å²) in [7, 11) is 0. The van der Waals surface area contributed by atoms with E-state index in [4.69, 9.17) is 0 Å². The fraction of sp³-hybridized carbons (Fsp3) is 0.385. The zero-order valence-corrected chi connectivity index (χ0v) is 9.72. The Morgan fingerprint density at radius 3 is 2.82 bits per heavy atom. The van der Waals surface area contributed by atoms with Gasteiger partial charge in [0, 0.05) is 18.2 Å². The van der Waals surface area contributed by atoms with E-state index >= 15 is 0 Å². The van der Waals surface area contributed by atoms with Crippen molar-refractivity contribution in [2.45, 2.75) is 19.5 Å². The average molecular weight is 230 g/mol. The van der Waals surface area contributed by atoms with Gasteiger partial charge >= 0.3 is 0 Å². The van der Waals surface area contributed by atoms with Crippen LogP contribution in [0.2, 0.25) is 0 Å². The number of hydrogen-bond acceptors (Lipinski definition) is 2. The molecule has 0 saturated carbocycles. The maximum Gasteiger partial charge on any atom is 0.207 e. The Morgan fingerprint density at radius 2 is 2.00 bits per heavy atom. The second kappa shape index (κ2) is 4.30. The summed E-state index contributed by atoms with van der Waals surface area (Å²) in [4.78, 5) is 13.2. The molecule has 1 fully saturated rings. The monoisotopic (exact) mass is 230 g/mol. The molecule has 1 aromatic carbocycles. The minimum atomic E-state index is 0.00766. The first-order chi connectivity index (χ1) is 8.34. The number of nitrogens with zero attached hydrogens (tertiary/aromatic N) is 2. The molecule has 1 saturated heterocycles. The Kier molecular flexibility index (Phi) is 2.65. The fourth-order valence-electron chi connectivity index (χ4n) is 2.53. The molecule has 4 heteroatoms. The van der Waals surface area contributed by atoms with Crippen LogP contribution < -0.4 is 10.3 Å². The molecule has 0 atom stereocenters. The first kappa shape index (κ1) is 10.5. The lowest BCUT2D eigenvalue weighted by Gasteiger charge is -2.14. The summed E-state index contributed by atoms with van der Waals surface area (Å²) in [6, 6.07) is 7.70. The molecular formula is C13H16N3O+. The van der Waals surface area contributed by atoms with Gasteiger partial charge in [0.05, 0.1) is 24.8 Å². The first-order valence-corrected chi connectivity index (χ1v) is 6.13. The van der Waals surface area contributed by atoms with Gasteiger partial charge in [0.2, 0.25) is 5.43 Å². The number of rotatable bonds is 2. The summed E-state index contributed by atoms with van der Waals surface area (Å²) in [5.74, 6) is 0. The van der Waals surface area contributed by atoms with Gasteiger partial charge in [-0.2, -0.15) is 5.10 Å². The van der Waals surface area contributed by atoms with E-state index in [1.807, 2.05) is 28.9 Å². The molecule has 0 aliphatic carbocycles. The molecule has 2 heterocycles. The Balaban J connectivity index is 2.04. The molecule has 0 spiro atoms. The SMILES string of the molecule is O=c1cnn(C[NH+]2CCCC2)c2ccccc12. The molecule has 1 aliphatic heterocycles. The van der Waals surface area contributed by atoms with E-state index in [-0.39, 0.29) is 5.43 Å². The molecule has 1 aliphatic rings. The van der Waals surface area contributed by atoms with Crippen LogP contribution in [0.1, 0.15) is 12.8 Å². The largest absolute Gasteiger partial charge is 0.316 e. The van der Waals surface area contributed by atoms with Crippen molar-refractivity contribution >= 4 is 10.9 Å². The lowest BCUT2D eigenvalue weighted by Crippen LogP contribution is -3.09. The van der Waals surface area contributed by atoms with Crippen LogP contribution in [0.15, 0.2) is 35.3 Å². The predicted molar refractivity (Wildman–Crippen MR) is 65.9 cm³/mol. The smallest absolute Gasteiger partial charge is 0.207 e. The van der Waals surface area contributed by atoms with Gasteiger partial charge in [0.1, 0.15) is 0 Å². The van der Waals surface area contributed by atoms with E-state index in [9.17, 15) is 4.79 Å². The number of fused-ring (bicyclic) bond motifs is 1. The number of para-hydroxylation sites is 1. The van der Waals surface area contributed by atoms with Crippen LogP contribution in [0.5, 0.6) is 0 Å². The van der Waals surface area contributed by atoms with Gasteiger partial charge in [-0.1, -0.05) is 12.1 Å². The van der Waals surface area contributed by atoms with Crippen LogP contribution in [0.25, 0.3) is 10.9 Å². The highest BCUT2D eigenvalue weighted by atomic mass is 16.1. The number of likely N-dealkylation sites (tertiary alicyclic amines) is 1. The van der Waals surface area contributed by atoms with Crippen LogP contribution in [0.4, 0.5) is 0 Å². The molecule has 0 radical (unpaired) electrons. The summed E-state index contributed by atoms with van der Waals surface area (Å²) < 4.78 is 1.96. The number of nitrogens with one attached hydrogen (secondary N) is 1. The summed E-state index contributed by atoms with van der Waals surface area (Å²) in [5, 5.41) is 5.02. The first-order valence-electron chi connectivity index (χ1n) is 6.13. The summed E-state index contributed by atoms with van der Waals surface area (Å²) in [6.45, 7) is 3.28. The Hall–Kier alpha value is -1.68. The molecule has 88 valence electrons. The van der Waals surface area contributed by atoms with Crippen molar-refractivity contribution in [2.24, 2.45) is 0 Å². The molecule has 4 nitrogen and oxygen atoms in total. The van der Waals surface area contributed by atoms with Crippen molar-refractivity contribution in [2.75, 3.05) is 13.1 Å². The lowest BCUT2D eigenvalue weighted by atomic mass is 10.2. The van der Waals surface area contributed by atoms with Gasteiger partial charge < -0.3 is 4.90 Å². The normalized spacial score (nSPS) is 16.7. The maximum atomic E-state index is 11.7. The van der Waals surface area contributed by atoms with Gasteiger partial charge in [-0.05, 0) is 12.1 Å². The van der Waals surface area contributed by atoms with Crippen molar-refractivity contribution in [3.05, 3.63) is 40.7 Å². The molecule has 0 unspecified atom stereocenters. The van der Waals surface area contributed by atoms with Crippen LogP contribution >= 0.6 is 0 Å². The average Bonchev–Trinajstić information content (AvgIpc) is 2.86. The summed E-state index contributed by atoms with van der Waals surface area (Å²) in [5.41, 5.74) is 0.952. The van der Waals surface area contributed by atoms with Crippen molar-refractivity contribution < 1.29 is 4.90 Å². The summed E-state index contributed by atoms with van der Waals surface area (Å²) in [6.07, 6.45) is 4.03. The quantitative estimate of drug-likeness (QED) is 0.791. The highest BCUT2D eigenvalue weighted by Gasteiger charge is 2.16. The zero-order valence-electron chi connectivity index (χ0n) is 9.72. The third-order valence-corrected chi connectivity index (χ3v) is 3.45. The maximum absolute atomic E-state index is 11.7. The van der Waals surface area contributed by atoms with Crippen LogP contribution in [0.3, 0.4) is 0 Å². The number of quaternary nitrogens is 1. The zero-order chi connectivity index (χ0) is 11.7. The van der Waals surface area contributed by atoms with E-state index in [0.29, 0.717) is 0 Å². The predicted octanol–water partition coefficient (Wildman–Crippen LogP) is 0.0327.